The molecule has 6 rings (SSSR count). The van der Waals surface area contributed by atoms with Gasteiger partial charge in [0, 0.05) is 55.0 Å². The first-order valence-electron chi connectivity index (χ1n) is 13.1. The highest BCUT2D eigenvalue weighted by molar-refractivity contribution is 6.01. The van der Waals surface area contributed by atoms with E-state index in [0.717, 1.165) is 30.0 Å². The smallest absolute Gasteiger partial charge is 0.250 e. The Kier molecular flexibility index (Phi) is 6.41. The van der Waals surface area contributed by atoms with Gasteiger partial charge in [-0.05, 0) is 61.9 Å². The largest absolute Gasteiger partial charge is 0.382 e. The van der Waals surface area contributed by atoms with E-state index in [9.17, 15) is 9.90 Å². The summed E-state index contributed by atoms with van der Waals surface area (Å²) >= 11 is 0. The molecule has 3 aromatic rings. The van der Waals surface area contributed by atoms with Gasteiger partial charge in [-0.2, -0.15) is 0 Å². The van der Waals surface area contributed by atoms with Gasteiger partial charge in [-0.15, -0.1) is 0 Å². The Bertz CT molecular complexity index is 1470. The molecule has 2 aromatic carbocycles. The third kappa shape index (κ3) is 4.68. The number of hydrogen-bond acceptors (Lipinski definition) is 9. The molecule has 2 aliphatic heterocycles. The second-order valence-corrected chi connectivity index (χ2v) is 10.1. The summed E-state index contributed by atoms with van der Waals surface area (Å²) in [5, 5.41) is 15.0. The Labute approximate surface area is 227 Å². The number of nitrogens with two attached hydrogens (primary N) is 1. The molecule has 0 radical (unpaired) electrons. The fraction of sp³-hybridized carbons (Fsp3) is 0.276. The molecule has 3 aliphatic rings. The van der Waals surface area contributed by atoms with Crippen LogP contribution in [-0.4, -0.2) is 65.5 Å². The molecule has 10 heteroatoms. The van der Waals surface area contributed by atoms with Crippen LogP contribution in [0, 0.1) is 0 Å². The van der Waals surface area contributed by atoms with Crippen LogP contribution in [0.4, 0.5) is 40.1 Å². The topological polar surface area (TPSA) is 114 Å². The molecule has 1 aromatic heterocycles. The molecule has 3 heterocycles. The first-order valence-corrected chi connectivity index (χ1v) is 13.1. The van der Waals surface area contributed by atoms with Crippen molar-refractivity contribution in [3.63, 3.8) is 0 Å². The Morgan fingerprint density at radius 3 is 2.79 bits per heavy atom. The van der Waals surface area contributed by atoms with Crippen molar-refractivity contribution in [1.82, 2.24) is 14.9 Å². The van der Waals surface area contributed by atoms with Gasteiger partial charge in [0.1, 0.15) is 12.0 Å². The Morgan fingerprint density at radius 1 is 1.15 bits per heavy atom. The molecule has 200 valence electrons. The van der Waals surface area contributed by atoms with Crippen LogP contribution >= 0.6 is 0 Å². The quantitative estimate of drug-likeness (QED) is 0.398. The Balaban J connectivity index is 1.29. The lowest BCUT2D eigenvalue weighted by molar-refractivity contribution is -0.113. The second kappa shape index (κ2) is 10.0. The molecule has 0 bridgehead atoms. The molecular weight excluding hydrogens is 492 g/mol. The van der Waals surface area contributed by atoms with Crippen molar-refractivity contribution < 1.29 is 9.90 Å². The zero-order valence-corrected chi connectivity index (χ0v) is 22.0. The summed E-state index contributed by atoms with van der Waals surface area (Å²) in [5.41, 5.74) is 11.0. The number of fused-ring (bicyclic) bond motifs is 2. The maximum absolute atomic E-state index is 12.9. The van der Waals surface area contributed by atoms with Crippen LogP contribution < -0.4 is 25.8 Å². The van der Waals surface area contributed by atoms with Crippen LogP contribution in [0.1, 0.15) is 18.4 Å². The molecule has 39 heavy (non-hydrogen) atoms. The summed E-state index contributed by atoms with van der Waals surface area (Å²) in [6.45, 7) is 1.52. The highest BCUT2D eigenvalue weighted by Gasteiger charge is 2.40. The number of hydrogen-bond donors (Lipinski definition) is 3. The molecule has 1 atom stereocenters. The number of nitrogens with zero attached hydrogens (tertiary/aromatic N) is 6. The summed E-state index contributed by atoms with van der Waals surface area (Å²) < 4.78 is 0. The normalized spacial score (nSPS) is 17.9. The van der Waals surface area contributed by atoms with E-state index in [1.165, 1.54) is 19.2 Å². The molecule has 0 spiro atoms. The highest BCUT2D eigenvalue weighted by atomic mass is 16.3. The molecule has 1 amide bonds. The monoisotopic (exact) mass is 524 g/mol. The number of nitrogen functional groups attached to an aromatic ring is 1. The number of carbonyl (C=O) groups is 1. The molecule has 10 nitrogen and oxygen atoms in total. The Morgan fingerprint density at radius 2 is 1.97 bits per heavy atom. The van der Waals surface area contributed by atoms with E-state index < -0.39 is 6.35 Å². The molecule has 1 unspecified atom stereocenters. The summed E-state index contributed by atoms with van der Waals surface area (Å²) in [4.78, 5) is 28.9. The molecule has 1 fully saturated rings. The second-order valence-electron chi connectivity index (χ2n) is 10.1. The minimum Gasteiger partial charge on any atom is -0.382 e. The van der Waals surface area contributed by atoms with Crippen molar-refractivity contribution in [1.29, 1.82) is 0 Å². The number of aromatic nitrogens is 2. The van der Waals surface area contributed by atoms with E-state index in [1.54, 1.807) is 27.8 Å². The van der Waals surface area contributed by atoms with Crippen LogP contribution in [0.5, 0.6) is 0 Å². The van der Waals surface area contributed by atoms with Gasteiger partial charge in [-0.3, -0.25) is 19.5 Å². The van der Waals surface area contributed by atoms with E-state index in [4.69, 9.17) is 5.73 Å². The lowest BCUT2D eigenvalue weighted by Crippen LogP contribution is -2.38. The number of nitrogens with one attached hydrogen (secondary N) is 1. The predicted octanol–water partition coefficient (Wildman–Crippen LogP) is 3.68. The minimum atomic E-state index is -1.13. The number of aliphatic hydroxyl groups is 1. The standard InChI is InChI=1S/C29H32N8O2/c1-34(20-10-11-20)15-5-9-25(38)35(2)21-7-3-8-22(17-21)37-28-26(27(30)32-18-33-28)36(29(37)39)23-12-13-24-19(16-23)6-4-14-31-24/h3-9,12-13,16-18,20,29,31,39H,10-11,14-15H2,1-2H3,(H2,30,32,33). The van der Waals surface area contributed by atoms with Gasteiger partial charge >= 0.3 is 0 Å². The van der Waals surface area contributed by atoms with Crippen molar-refractivity contribution in [3.8, 4) is 0 Å². The van der Waals surface area contributed by atoms with Gasteiger partial charge in [-0.1, -0.05) is 24.3 Å². The van der Waals surface area contributed by atoms with Gasteiger partial charge in [-0.25, -0.2) is 9.97 Å². The number of anilines is 7. The molecule has 4 N–H and O–H groups in total. The third-order valence-corrected chi connectivity index (χ3v) is 7.43. The van der Waals surface area contributed by atoms with Gasteiger partial charge in [0.05, 0.1) is 0 Å². The number of likely N-dealkylation sites (N-methyl/N-ethyl adjacent to an activating group) is 2. The van der Waals surface area contributed by atoms with Gasteiger partial charge < -0.3 is 21.1 Å². The fourth-order valence-corrected chi connectivity index (χ4v) is 5.08. The van der Waals surface area contributed by atoms with Crippen molar-refractivity contribution in [2.45, 2.75) is 25.2 Å². The fourth-order valence-electron chi connectivity index (χ4n) is 5.08. The Hall–Kier alpha value is -4.41. The van der Waals surface area contributed by atoms with Gasteiger partial charge in [0.2, 0.25) is 12.3 Å². The van der Waals surface area contributed by atoms with Crippen molar-refractivity contribution >= 4 is 52.1 Å². The summed E-state index contributed by atoms with van der Waals surface area (Å²) in [7, 11) is 3.82. The van der Waals surface area contributed by atoms with Crippen molar-refractivity contribution in [2.75, 3.05) is 52.9 Å². The third-order valence-electron chi connectivity index (χ3n) is 7.43. The zero-order valence-electron chi connectivity index (χ0n) is 22.0. The lowest BCUT2D eigenvalue weighted by atomic mass is 10.1. The average Bonchev–Trinajstić information content (AvgIpc) is 3.76. The number of aliphatic hydroxyl groups excluding tert-OH is 1. The van der Waals surface area contributed by atoms with Crippen LogP contribution in [0.25, 0.3) is 6.08 Å². The van der Waals surface area contributed by atoms with Crippen molar-refractivity contribution in [2.24, 2.45) is 0 Å². The number of carbonyl (C=O) groups excluding carboxylic acids is 1. The van der Waals surface area contributed by atoms with Crippen molar-refractivity contribution in [3.05, 3.63) is 72.6 Å². The predicted molar refractivity (Wildman–Crippen MR) is 155 cm³/mol. The van der Waals surface area contributed by atoms with E-state index in [1.807, 2.05) is 54.6 Å². The lowest BCUT2D eigenvalue weighted by Gasteiger charge is -2.29. The first-order chi connectivity index (χ1) is 18.9. The maximum atomic E-state index is 12.9. The van der Waals surface area contributed by atoms with E-state index in [-0.39, 0.29) is 11.7 Å². The van der Waals surface area contributed by atoms with E-state index >= 15 is 0 Å². The summed E-state index contributed by atoms with van der Waals surface area (Å²) in [6.07, 6.45) is 10.3. The SMILES string of the molecule is CN(C(=O)C=CCN(C)C1CC1)c1cccc(N2c3ncnc(N)c3N(c3ccc4c(c3)C=CCN4)C2O)c1. The number of rotatable bonds is 7. The molecule has 0 saturated heterocycles. The van der Waals surface area contributed by atoms with Gasteiger partial charge in [0.15, 0.2) is 11.6 Å². The van der Waals surface area contributed by atoms with Crippen LogP contribution in [0.15, 0.2) is 67.0 Å². The van der Waals surface area contributed by atoms with Gasteiger partial charge in [0.25, 0.3) is 0 Å². The molecular formula is C29H32N8O2. The molecule has 1 saturated carbocycles. The average molecular weight is 525 g/mol. The highest BCUT2D eigenvalue weighted by Crippen LogP contribution is 2.48. The minimum absolute atomic E-state index is 0.123. The summed E-state index contributed by atoms with van der Waals surface area (Å²) in [6, 6.07) is 14.0. The zero-order chi connectivity index (χ0) is 27.1. The van der Waals surface area contributed by atoms with Crippen LogP contribution in [0.2, 0.25) is 0 Å². The van der Waals surface area contributed by atoms with E-state index in [2.05, 4.69) is 33.3 Å². The molecule has 1 aliphatic carbocycles. The maximum Gasteiger partial charge on any atom is 0.250 e. The van der Waals surface area contributed by atoms with Crippen LogP contribution in [0.3, 0.4) is 0 Å². The number of benzene rings is 2. The first kappa shape index (κ1) is 24.9. The van der Waals surface area contributed by atoms with Crippen LogP contribution in [-0.2, 0) is 4.79 Å². The number of amides is 1. The summed E-state index contributed by atoms with van der Waals surface area (Å²) in [5.74, 6) is 0.621. The van der Waals surface area contributed by atoms with E-state index in [0.29, 0.717) is 28.9 Å².